The lowest BCUT2D eigenvalue weighted by atomic mass is 10.1. The molecule has 0 saturated heterocycles. The second-order valence-electron chi connectivity index (χ2n) is 7.05. The van der Waals surface area contributed by atoms with Crippen molar-refractivity contribution in [3.05, 3.63) is 82.9 Å². The molecule has 0 unspecified atom stereocenters. The number of thiazole rings is 1. The molecule has 148 valence electrons. The van der Waals surface area contributed by atoms with Crippen LogP contribution in [0.15, 0.2) is 71.6 Å². The van der Waals surface area contributed by atoms with E-state index in [1.807, 2.05) is 37.3 Å². The Morgan fingerprint density at radius 1 is 0.931 bits per heavy atom. The molecule has 0 saturated carbocycles. The van der Waals surface area contributed by atoms with Gasteiger partial charge in [-0.25, -0.2) is 18.1 Å². The van der Waals surface area contributed by atoms with E-state index in [0.29, 0.717) is 13.0 Å². The third-order valence-electron chi connectivity index (χ3n) is 4.87. The summed E-state index contributed by atoms with van der Waals surface area (Å²) < 4.78 is 28.1. The summed E-state index contributed by atoms with van der Waals surface area (Å²) in [6.45, 7) is 4.37. The minimum atomic E-state index is -3.55. The number of hydrogen-bond donors (Lipinski definition) is 1. The summed E-state index contributed by atoms with van der Waals surface area (Å²) in [5, 5.41) is 2.90. The summed E-state index contributed by atoms with van der Waals surface area (Å²) in [5.74, 6) is 0. The second-order valence-corrected chi connectivity index (χ2v) is 9.90. The maximum atomic E-state index is 12.7. The predicted octanol–water partition coefficient (Wildman–Crippen LogP) is 5.10. The van der Waals surface area contributed by atoms with Gasteiger partial charge in [-0.15, -0.1) is 11.3 Å². The fourth-order valence-corrected chi connectivity index (χ4v) is 5.33. The molecule has 4 rings (SSSR count). The number of aromatic nitrogens is 1. The van der Waals surface area contributed by atoms with Gasteiger partial charge in [0, 0.05) is 17.0 Å². The van der Waals surface area contributed by atoms with E-state index in [0.717, 1.165) is 31.9 Å². The molecule has 0 aliphatic heterocycles. The van der Waals surface area contributed by atoms with Crippen LogP contribution in [0.4, 0.5) is 0 Å². The van der Waals surface area contributed by atoms with Gasteiger partial charge in [0.2, 0.25) is 10.0 Å². The van der Waals surface area contributed by atoms with Crippen molar-refractivity contribution < 1.29 is 8.42 Å². The van der Waals surface area contributed by atoms with Gasteiger partial charge in [0.15, 0.2) is 0 Å². The van der Waals surface area contributed by atoms with Gasteiger partial charge >= 0.3 is 0 Å². The maximum Gasteiger partial charge on any atom is 0.240 e. The van der Waals surface area contributed by atoms with Crippen LogP contribution >= 0.6 is 11.3 Å². The molecule has 0 aliphatic carbocycles. The zero-order chi connectivity index (χ0) is 20.4. The van der Waals surface area contributed by atoms with Crippen molar-refractivity contribution in [3.8, 4) is 10.6 Å². The molecular weight excluding hydrogens is 400 g/mol. The van der Waals surface area contributed by atoms with E-state index in [1.54, 1.807) is 23.5 Å². The highest BCUT2D eigenvalue weighted by Gasteiger charge is 2.15. The molecule has 3 aromatic carbocycles. The van der Waals surface area contributed by atoms with Crippen LogP contribution in [0, 0.1) is 13.8 Å². The number of rotatable bonds is 6. The van der Waals surface area contributed by atoms with E-state index in [9.17, 15) is 8.42 Å². The lowest BCUT2D eigenvalue weighted by molar-refractivity contribution is 0.582. The molecule has 4 aromatic rings. The Bertz CT molecular complexity index is 1260. The number of nitrogens with zero attached hydrogens (tertiary/aromatic N) is 1. The fraction of sp³-hybridized carbons (Fsp3) is 0.174. The first kappa shape index (κ1) is 19.8. The van der Waals surface area contributed by atoms with Gasteiger partial charge in [0.25, 0.3) is 0 Å². The number of nitrogens with one attached hydrogen (secondary N) is 1. The molecule has 1 heterocycles. The molecule has 0 aliphatic rings. The molecule has 0 amide bonds. The maximum absolute atomic E-state index is 12.7. The average Bonchev–Trinajstić information content (AvgIpc) is 3.08. The van der Waals surface area contributed by atoms with E-state index in [4.69, 9.17) is 0 Å². The molecule has 0 fully saturated rings. The first-order valence-electron chi connectivity index (χ1n) is 9.44. The Labute approximate surface area is 175 Å². The van der Waals surface area contributed by atoms with E-state index >= 15 is 0 Å². The van der Waals surface area contributed by atoms with E-state index in [-0.39, 0.29) is 4.90 Å². The van der Waals surface area contributed by atoms with Crippen LogP contribution in [-0.2, 0) is 16.4 Å². The van der Waals surface area contributed by atoms with Crippen molar-refractivity contribution in [3.63, 3.8) is 0 Å². The number of benzene rings is 3. The normalized spacial score (nSPS) is 11.8. The summed E-state index contributed by atoms with van der Waals surface area (Å²) in [6, 6.07) is 21.2. The average molecular weight is 423 g/mol. The van der Waals surface area contributed by atoms with Gasteiger partial charge in [0.05, 0.1) is 10.6 Å². The number of aryl methyl sites for hydroxylation is 2. The SMILES string of the molecule is Cc1ccc(-c2nc(C)c(CCNS(=O)(=O)c3ccc4ccccc4c3)s2)cc1. The molecular formula is C23H22N2O2S2. The molecule has 0 atom stereocenters. The zero-order valence-electron chi connectivity index (χ0n) is 16.3. The minimum absolute atomic E-state index is 0.289. The molecule has 1 aromatic heterocycles. The molecule has 0 radical (unpaired) electrons. The quantitative estimate of drug-likeness (QED) is 0.470. The number of sulfonamides is 1. The summed E-state index contributed by atoms with van der Waals surface area (Å²) in [6.07, 6.45) is 0.613. The number of hydrogen-bond acceptors (Lipinski definition) is 4. The lowest BCUT2D eigenvalue weighted by Gasteiger charge is -2.07. The Hall–Kier alpha value is -2.54. The van der Waals surface area contributed by atoms with Crippen molar-refractivity contribution in [1.29, 1.82) is 0 Å². The Balaban J connectivity index is 1.45. The predicted molar refractivity (Wildman–Crippen MR) is 120 cm³/mol. The standard InChI is InChI=1S/C23H22N2O2S2/c1-16-7-9-19(10-8-16)23-25-17(2)22(28-23)13-14-24-29(26,27)21-12-11-18-5-3-4-6-20(18)15-21/h3-12,15,24H,13-14H2,1-2H3. The highest BCUT2D eigenvalue weighted by Crippen LogP contribution is 2.28. The van der Waals surface area contributed by atoms with Crippen LogP contribution in [0.2, 0.25) is 0 Å². The van der Waals surface area contributed by atoms with E-state index in [2.05, 4.69) is 40.9 Å². The second kappa shape index (κ2) is 8.06. The summed E-state index contributed by atoms with van der Waals surface area (Å²) >= 11 is 1.62. The molecule has 0 bridgehead atoms. The van der Waals surface area contributed by atoms with Gasteiger partial charge < -0.3 is 0 Å². The monoisotopic (exact) mass is 422 g/mol. The topological polar surface area (TPSA) is 59.1 Å². The molecule has 4 nitrogen and oxygen atoms in total. The van der Waals surface area contributed by atoms with E-state index < -0.39 is 10.0 Å². The van der Waals surface area contributed by atoms with Crippen molar-refractivity contribution in [2.24, 2.45) is 0 Å². The van der Waals surface area contributed by atoms with Crippen LogP contribution in [0.1, 0.15) is 16.1 Å². The first-order chi connectivity index (χ1) is 13.9. The minimum Gasteiger partial charge on any atom is -0.241 e. The zero-order valence-corrected chi connectivity index (χ0v) is 18.0. The fourth-order valence-electron chi connectivity index (χ4n) is 3.20. The molecule has 0 spiro atoms. The van der Waals surface area contributed by atoms with Crippen molar-refractivity contribution in [1.82, 2.24) is 9.71 Å². The number of fused-ring (bicyclic) bond motifs is 1. The Morgan fingerprint density at radius 3 is 2.41 bits per heavy atom. The van der Waals surface area contributed by atoms with Gasteiger partial charge in [-0.05, 0) is 43.2 Å². The summed E-state index contributed by atoms with van der Waals surface area (Å²) in [7, 11) is -3.55. The molecule has 1 N–H and O–H groups in total. The Morgan fingerprint density at radius 2 is 1.66 bits per heavy atom. The van der Waals surface area contributed by atoms with Crippen molar-refractivity contribution in [2.75, 3.05) is 6.54 Å². The van der Waals surface area contributed by atoms with Crippen LogP contribution in [0.25, 0.3) is 21.3 Å². The lowest BCUT2D eigenvalue weighted by Crippen LogP contribution is -2.25. The van der Waals surface area contributed by atoms with Crippen LogP contribution in [0.3, 0.4) is 0 Å². The molecule has 6 heteroatoms. The first-order valence-corrected chi connectivity index (χ1v) is 11.7. The third-order valence-corrected chi connectivity index (χ3v) is 7.59. The van der Waals surface area contributed by atoms with Crippen molar-refractivity contribution >= 4 is 32.1 Å². The smallest absolute Gasteiger partial charge is 0.240 e. The molecule has 29 heavy (non-hydrogen) atoms. The van der Waals surface area contributed by atoms with E-state index in [1.165, 1.54) is 5.56 Å². The largest absolute Gasteiger partial charge is 0.241 e. The Kier molecular flexibility index (Phi) is 5.50. The van der Waals surface area contributed by atoms with Gasteiger partial charge in [-0.1, -0.05) is 60.2 Å². The third kappa shape index (κ3) is 4.40. The van der Waals surface area contributed by atoms with Crippen LogP contribution < -0.4 is 4.72 Å². The summed E-state index contributed by atoms with van der Waals surface area (Å²) in [4.78, 5) is 6.05. The van der Waals surface area contributed by atoms with Crippen LogP contribution in [-0.4, -0.2) is 19.9 Å². The van der Waals surface area contributed by atoms with Gasteiger partial charge in [0.1, 0.15) is 5.01 Å². The van der Waals surface area contributed by atoms with Crippen LogP contribution in [0.5, 0.6) is 0 Å². The summed E-state index contributed by atoms with van der Waals surface area (Å²) in [5.41, 5.74) is 3.26. The van der Waals surface area contributed by atoms with Gasteiger partial charge in [-0.3, -0.25) is 0 Å². The highest BCUT2D eigenvalue weighted by atomic mass is 32.2. The highest BCUT2D eigenvalue weighted by molar-refractivity contribution is 7.89. The van der Waals surface area contributed by atoms with Crippen molar-refractivity contribution in [2.45, 2.75) is 25.2 Å². The van der Waals surface area contributed by atoms with Gasteiger partial charge in [-0.2, -0.15) is 0 Å².